The van der Waals surface area contributed by atoms with Crippen LogP contribution in [0.4, 0.5) is 0 Å². The highest BCUT2D eigenvalue weighted by atomic mass is 13.9. The second kappa shape index (κ2) is 11.2. The van der Waals surface area contributed by atoms with Crippen LogP contribution in [0.1, 0.15) is 45.7 Å². The molecular weight excluding hydrogens is 156 g/mol. The van der Waals surface area contributed by atoms with Crippen molar-refractivity contribution in [2.45, 2.75) is 48.0 Å². The number of benzene rings is 1. The largest absolute Gasteiger partial charge is 0.0683 e. The molecule has 13 heavy (non-hydrogen) atoms. The Morgan fingerprint density at radius 2 is 1.54 bits per heavy atom. The van der Waals surface area contributed by atoms with Gasteiger partial charge < -0.3 is 0 Å². The summed E-state index contributed by atoms with van der Waals surface area (Å²) in [6, 6.07) is 8.61. The Hall–Kier alpha value is -0.780. The highest BCUT2D eigenvalue weighted by Gasteiger charge is 1.85. The maximum atomic E-state index is 2.22. The van der Waals surface area contributed by atoms with Crippen LogP contribution in [0.15, 0.2) is 24.3 Å². The first-order valence-corrected chi connectivity index (χ1v) is 5.38. The molecule has 0 aromatic heterocycles. The average Bonchev–Trinajstić information content (AvgIpc) is 2.24. The third-order valence-electron chi connectivity index (χ3n) is 1.49. The molecule has 0 nitrogen and oxygen atoms in total. The first-order chi connectivity index (χ1) is 6.33. The molecule has 1 aromatic rings. The standard InChI is InChI=1S/C9H12.2C2H6/c1-3-9-6-4-5-8(2)7-9;2*1-2/h4-7H,3H2,1-2H3;2*1-2H3. The summed E-state index contributed by atoms with van der Waals surface area (Å²) < 4.78 is 0. The van der Waals surface area contributed by atoms with E-state index in [1.54, 1.807) is 0 Å². The van der Waals surface area contributed by atoms with E-state index in [9.17, 15) is 0 Å². The monoisotopic (exact) mass is 180 g/mol. The molecule has 0 atom stereocenters. The molecule has 0 fully saturated rings. The summed E-state index contributed by atoms with van der Waals surface area (Å²) >= 11 is 0. The van der Waals surface area contributed by atoms with Crippen LogP contribution in [0, 0.1) is 6.92 Å². The van der Waals surface area contributed by atoms with E-state index >= 15 is 0 Å². The number of hydrogen-bond donors (Lipinski definition) is 0. The van der Waals surface area contributed by atoms with Crippen LogP contribution >= 0.6 is 0 Å². The molecule has 0 aliphatic heterocycles. The molecule has 0 bridgehead atoms. The van der Waals surface area contributed by atoms with E-state index < -0.39 is 0 Å². The van der Waals surface area contributed by atoms with Gasteiger partial charge in [-0.3, -0.25) is 0 Å². The zero-order valence-electron chi connectivity index (χ0n) is 10.0. The van der Waals surface area contributed by atoms with Crippen LogP contribution in [-0.2, 0) is 6.42 Å². The van der Waals surface area contributed by atoms with E-state index in [4.69, 9.17) is 0 Å². The third-order valence-corrected chi connectivity index (χ3v) is 1.49. The Morgan fingerprint density at radius 1 is 1.00 bits per heavy atom. The summed E-state index contributed by atoms with van der Waals surface area (Å²) in [5, 5.41) is 0. The molecule has 1 aromatic carbocycles. The smallest absolute Gasteiger partial charge is 0.0307 e. The van der Waals surface area contributed by atoms with Gasteiger partial charge in [-0.05, 0) is 18.9 Å². The van der Waals surface area contributed by atoms with Gasteiger partial charge in [0, 0.05) is 0 Å². The van der Waals surface area contributed by atoms with E-state index in [-0.39, 0.29) is 0 Å². The quantitative estimate of drug-likeness (QED) is 0.592. The SMILES string of the molecule is CC.CC.CCc1cccc(C)c1. The van der Waals surface area contributed by atoms with Crippen molar-refractivity contribution in [3.05, 3.63) is 35.4 Å². The van der Waals surface area contributed by atoms with E-state index in [0.717, 1.165) is 6.42 Å². The summed E-state index contributed by atoms with van der Waals surface area (Å²) in [6.45, 7) is 12.3. The van der Waals surface area contributed by atoms with Gasteiger partial charge in [0.15, 0.2) is 0 Å². The van der Waals surface area contributed by atoms with Crippen molar-refractivity contribution in [1.82, 2.24) is 0 Å². The van der Waals surface area contributed by atoms with Gasteiger partial charge in [0.25, 0.3) is 0 Å². The molecule has 0 amide bonds. The van der Waals surface area contributed by atoms with E-state index in [2.05, 4.69) is 38.1 Å². The van der Waals surface area contributed by atoms with Crippen molar-refractivity contribution in [1.29, 1.82) is 0 Å². The lowest BCUT2D eigenvalue weighted by molar-refractivity contribution is 1.13. The van der Waals surface area contributed by atoms with Gasteiger partial charge in [0.05, 0.1) is 0 Å². The highest BCUT2D eigenvalue weighted by molar-refractivity contribution is 5.21. The van der Waals surface area contributed by atoms with Crippen LogP contribution < -0.4 is 0 Å². The minimum absolute atomic E-state index is 1.14. The molecular formula is C13H24. The van der Waals surface area contributed by atoms with Crippen molar-refractivity contribution in [3.8, 4) is 0 Å². The highest BCUT2D eigenvalue weighted by Crippen LogP contribution is 2.03. The Kier molecular flexibility index (Phi) is 12.7. The molecule has 0 saturated heterocycles. The molecule has 76 valence electrons. The second-order valence-corrected chi connectivity index (χ2v) is 2.34. The maximum Gasteiger partial charge on any atom is -0.0307 e. The Bertz CT molecular complexity index is 189. The van der Waals surface area contributed by atoms with Gasteiger partial charge in [0.1, 0.15) is 0 Å². The molecule has 1 rings (SSSR count). The predicted molar refractivity (Wildman–Crippen MR) is 63.3 cm³/mol. The summed E-state index contributed by atoms with van der Waals surface area (Å²) in [4.78, 5) is 0. The lowest BCUT2D eigenvalue weighted by Crippen LogP contribution is -1.78. The van der Waals surface area contributed by atoms with E-state index in [1.165, 1.54) is 11.1 Å². The zero-order valence-corrected chi connectivity index (χ0v) is 10.0. The minimum atomic E-state index is 1.14. The van der Waals surface area contributed by atoms with Crippen molar-refractivity contribution in [3.63, 3.8) is 0 Å². The normalized spacial score (nSPS) is 7.54. The fraction of sp³-hybridized carbons (Fsp3) is 0.538. The van der Waals surface area contributed by atoms with Gasteiger partial charge in [-0.2, -0.15) is 0 Å². The van der Waals surface area contributed by atoms with E-state index in [0.29, 0.717) is 0 Å². The molecule has 0 unspecified atom stereocenters. The fourth-order valence-electron chi connectivity index (χ4n) is 0.932. The Morgan fingerprint density at radius 3 is 1.85 bits per heavy atom. The van der Waals surface area contributed by atoms with Crippen molar-refractivity contribution >= 4 is 0 Å². The second-order valence-electron chi connectivity index (χ2n) is 2.34. The summed E-state index contributed by atoms with van der Waals surface area (Å²) in [6.07, 6.45) is 1.14. The minimum Gasteiger partial charge on any atom is -0.0683 e. The van der Waals surface area contributed by atoms with Crippen LogP contribution in [0.25, 0.3) is 0 Å². The van der Waals surface area contributed by atoms with Crippen molar-refractivity contribution in [2.75, 3.05) is 0 Å². The molecule has 0 N–H and O–H groups in total. The summed E-state index contributed by atoms with van der Waals surface area (Å²) in [5.74, 6) is 0. The Labute approximate surface area is 84.0 Å². The zero-order chi connectivity index (χ0) is 10.7. The van der Waals surface area contributed by atoms with Crippen LogP contribution in [0.3, 0.4) is 0 Å². The molecule has 0 spiro atoms. The predicted octanol–water partition coefficient (Wildman–Crippen LogP) is 4.61. The number of rotatable bonds is 1. The summed E-state index contributed by atoms with van der Waals surface area (Å²) in [5.41, 5.74) is 2.78. The van der Waals surface area contributed by atoms with Gasteiger partial charge in [0.2, 0.25) is 0 Å². The van der Waals surface area contributed by atoms with Crippen molar-refractivity contribution < 1.29 is 0 Å². The maximum absolute atomic E-state index is 2.22. The number of hydrogen-bond acceptors (Lipinski definition) is 0. The van der Waals surface area contributed by atoms with Gasteiger partial charge in [-0.15, -0.1) is 0 Å². The fourth-order valence-corrected chi connectivity index (χ4v) is 0.932. The van der Waals surface area contributed by atoms with Gasteiger partial charge in [-0.1, -0.05) is 64.4 Å². The van der Waals surface area contributed by atoms with Crippen LogP contribution in [-0.4, -0.2) is 0 Å². The first-order valence-electron chi connectivity index (χ1n) is 5.38. The van der Waals surface area contributed by atoms with Gasteiger partial charge >= 0.3 is 0 Å². The lowest BCUT2D eigenvalue weighted by Gasteiger charge is -1.95. The molecule has 0 heterocycles. The molecule has 0 saturated carbocycles. The topological polar surface area (TPSA) is 0 Å². The van der Waals surface area contributed by atoms with Crippen LogP contribution in [0.5, 0.6) is 0 Å². The third kappa shape index (κ3) is 7.58. The van der Waals surface area contributed by atoms with E-state index in [1.807, 2.05) is 27.7 Å². The van der Waals surface area contributed by atoms with Crippen LogP contribution in [0.2, 0.25) is 0 Å². The summed E-state index contributed by atoms with van der Waals surface area (Å²) in [7, 11) is 0. The lowest BCUT2D eigenvalue weighted by atomic mass is 10.1. The first kappa shape index (κ1) is 14.7. The molecule has 0 radical (unpaired) electrons. The average molecular weight is 180 g/mol. The molecule has 0 aliphatic rings. The molecule has 0 aliphatic carbocycles. The van der Waals surface area contributed by atoms with Gasteiger partial charge in [-0.25, -0.2) is 0 Å². The number of aryl methyl sites for hydroxylation is 2. The Balaban J connectivity index is 0. The molecule has 0 heteroatoms. The van der Waals surface area contributed by atoms with Crippen molar-refractivity contribution in [2.24, 2.45) is 0 Å².